The van der Waals surface area contributed by atoms with Crippen LogP contribution in [0.4, 0.5) is 0 Å². The molecule has 0 aliphatic heterocycles. The molecule has 3 nitrogen and oxygen atoms in total. The number of rotatable bonds is 5. The van der Waals surface area contributed by atoms with E-state index in [1.807, 2.05) is 20.8 Å². The van der Waals surface area contributed by atoms with Crippen molar-refractivity contribution in [2.45, 2.75) is 52.1 Å². The van der Waals surface area contributed by atoms with Gasteiger partial charge in [-0.2, -0.15) is 0 Å². The molecule has 0 radical (unpaired) electrons. The Bertz CT molecular complexity index is 343. The van der Waals surface area contributed by atoms with E-state index in [1.165, 1.54) is 19.3 Å². The van der Waals surface area contributed by atoms with E-state index in [2.05, 4.69) is 17.5 Å². The maximum atomic E-state index is 11.6. The van der Waals surface area contributed by atoms with Crippen molar-refractivity contribution in [2.24, 2.45) is 17.8 Å². The zero-order valence-corrected chi connectivity index (χ0v) is 12.4. The van der Waals surface area contributed by atoms with Gasteiger partial charge in [0, 0.05) is 6.54 Å². The average Bonchev–Trinajstić information content (AvgIpc) is 2.34. The van der Waals surface area contributed by atoms with Crippen molar-refractivity contribution in [1.82, 2.24) is 5.32 Å². The summed E-state index contributed by atoms with van der Waals surface area (Å²) in [5.74, 6) is 2.23. The largest absolute Gasteiger partial charge is 0.460 e. The number of hydrogen-bond acceptors (Lipinski definition) is 3. The molecule has 0 heterocycles. The minimum absolute atomic E-state index is 0.106. The number of esters is 1. The molecule has 1 fully saturated rings. The second-order valence-corrected chi connectivity index (χ2v) is 6.92. The van der Waals surface area contributed by atoms with Gasteiger partial charge in [0.05, 0.1) is 6.42 Å². The molecule has 3 rings (SSSR count). The molecule has 0 spiro atoms. The first-order valence-electron chi connectivity index (χ1n) is 7.55. The van der Waals surface area contributed by atoms with Crippen LogP contribution in [0, 0.1) is 17.8 Å². The Hall–Kier alpha value is -0.830. The molecular weight excluding hydrogens is 238 g/mol. The fourth-order valence-corrected chi connectivity index (χ4v) is 3.16. The van der Waals surface area contributed by atoms with Gasteiger partial charge in [-0.15, -0.1) is 0 Å². The summed E-state index contributed by atoms with van der Waals surface area (Å²) in [5, 5.41) is 3.42. The molecule has 1 saturated carbocycles. The van der Waals surface area contributed by atoms with Gasteiger partial charge in [0.25, 0.3) is 0 Å². The Labute approximate surface area is 116 Å². The SMILES string of the molecule is CC(C)(C)OC(=O)CCNCC1CC2C=CC1CC2. The van der Waals surface area contributed by atoms with Crippen LogP contribution in [-0.4, -0.2) is 24.7 Å². The molecule has 3 atom stereocenters. The highest BCUT2D eigenvalue weighted by Crippen LogP contribution is 2.39. The van der Waals surface area contributed by atoms with Gasteiger partial charge in [0.2, 0.25) is 0 Å². The average molecular weight is 265 g/mol. The Kier molecular flexibility index (Phi) is 4.67. The molecule has 0 saturated heterocycles. The number of nitrogens with one attached hydrogen (secondary N) is 1. The second kappa shape index (κ2) is 6.08. The zero-order chi connectivity index (χ0) is 13.9. The first-order chi connectivity index (χ1) is 8.94. The van der Waals surface area contributed by atoms with Gasteiger partial charge in [0.1, 0.15) is 5.60 Å². The van der Waals surface area contributed by atoms with Crippen molar-refractivity contribution in [2.75, 3.05) is 13.1 Å². The summed E-state index contributed by atoms with van der Waals surface area (Å²) in [4.78, 5) is 11.6. The fourth-order valence-electron chi connectivity index (χ4n) is 3.16. The summed E-state index contributed by atoms with van der Waals surface area (Å²) in [6.07, 6.45) is 9.30. The van der Waals surface area contributed by atoms with Crippen molar-refractivity contribution < 1.29 is 9.53 Å². The highest BCUT2D eigenvalue weighted by atomic mass is 16.6. The van der Waals surface area contributed by atoms with Gasteiger partial charge >= 0.3 is 5.97 Å². The number of hydrogen-bond donors (Lipinski definition) is 1. The molecule has 0 aromatic heterocycles. The lowest BCUT2D eigenvalue weighted by atomic mass is 9.69. The lowest BCUT2D eigenvalue weighted by Gasteiger charge is -2.38. The lowest BCUT2D eigenvalue weighted by Crippen LogP contribution is -2.36. The third-order valence-electron chi connectivity index (χ3n) is 4.04. The van der Waals surface area contributed by atoms with Gasteiger partial charge < -0.3 is 10.1 Å². The van der Waals surface area contributed by atoms with Crippen LogP contribution in [0.2, 0.25) is 0 Å². The minimum atomic E-state index is -0.371. The molecule has 0 amide bonds. The standard InChI is InChI=1S/C16H27NO2/c1-16(2,3)19-15(18)8-9-17-11-14-10-12-4-6-13(14)7-5-12/h4,6,12-14,17H,5,7-11H2,1-3H3. The van der Waals surface area contributed by atoms with Crippen LogP contribution in [0.5, 0.6) is 0 Å². The molecular formula is C16H27NO2. The van der Waals surface area contributed by atoms with E-state index in [0.717, 1.165) is 30.8 Å². The van der Waals surface area contributed by atoms with Crippen LogP contribution in [0.1, 0.15) is 46.5 Å². The van der Waals surface area contributed by atoms with E-state index < -0.39 is 0 Å². The highest BCUT2D eigenvalue weighted by molar-refractivity contribution is 5.70. The van der Waals surface area contributed by atoms with Gasteiger partial charge in [-0.3, -0.25) is 4.79 Å². The van der Waals surface area contributed by atoms with Crippen LogP contribution in [0.15, 0.2) is 12.2 Å². The van der Waals surface area contributed by atoms with Gasteiger partial charge in [-0.25, -0.2) is 0 Å². The Morgan fingerprint density at radius 1 is 1.32 bits per heavy atom. The molecule has 1 N–H and O–H groups in total. The van der Waals surface area contributed by atoms with Crippen molar-refractivity contribution >= 4 is 5.97 Å². The van der Waals surface area contributed by atoms with Crippen LogP contribution >= 0.6 is 0 Å². The molecule has 0 aromatic carbocycles. The van der Waals surface area contributed by atoms with Gasteiger partial charge in [-0.1, -0.05) is 12.2 Å². The van der Waals surface area contributed by atoms with Crippen LogP contribution in [-0.2, 0) is 9.53 Å². The van der Waals surface area contributed by atoms with E-state index in [9.17, 15) is 4.79 Å². The molecule has 0 aromatic rings. The van der Waals surface area contributed by atoms with E-state index in [1.54, 1.807) is 0 Å². The van der Waals surface area contributed by atoms with Crippen molar-refractivity contribution in [1.29, 1.82) is 0 Å². The summed E-state index contributed by atoms with van der Waals surface area (Å²) in [6, 6.07) is 0. The topological polar surface area (TPSA) is 38.3 Å². The monoisotopic (exact) mass is 265 g/mol. The summed E-state index contributed by atoms with van der Waals surface area (Å²) >= 11 is 0. The highest BCUT2D eigenvalue weighted by Gasteiger charge is 2.31. The number of ether oxygens (including phenoxy) is 1. The Morgan fingerprint density at radius 3 is 2.63 bits per heavy atom. The molecule has 3 heteroatoms. The van der Waals surface area contributed by atoms with Crippen molar-refractivity contribution in [3.05, 3.63) is 12.2 Å². The summed E-state index contributed by atoms with van der Waals surface area (Å²) in [7, 11) is 0. The van der Waals surface area contributed by atoms with E-state index in [-0.39, 0.29) is 11.6 Å². The van der Waals surface area contributed by atoms with Crippen LogP contribution < -0.4 is 5.32 Å². The van der Waals surface area contributed by atoms with Crippen molar-refractivity contribution in [3.8, 4) is 0 Å². The Balaban J connectivity index is 1.60. The molecule has 2 bridgehead atoms. The molecule has 3 aliphatic rings. The van der Waals surface area contributed by atoms with E-state index in [0.29, 0.717) is 6.42 Å². The first-order valence-corrected chi connectivity index (χ1v) is 7.55. The van der Waals surface area contributed by atoms with E-state index >= 15 is 0 Å². The lowest BCUT2D eigenvalue weighted by molar-refractivity contribution is -0.154. The molecule has 108 valence electrons. The third kappa shape index (κ3) is 4.64. The summed E-state index contributed by atoms with van der Waals surface area (Å²) < 4.78 is 5.29. The predicted molar refractivity (Wildman–Crippen MR) is 76.8 cm³/mol. The third-order valence-corrected chi connectivity index (χ3v) is 4.04. The van der Waals surface area contributed by atoms with Crippen LogP contribution in [0.3, 0.4) is 0 Å². The maximum Gasteiger partial charge on any atom is 0.307 e. The number of carbonyl (C=O) groups is 1. The molecule has 19 heavy (non-hydrogen) atoms. The fraction of sp³-hybridized carbons (Fsp3) is 0.812. The number of allylic oxidation sites excluding steroid dienone is 2. The second-order valence-electron chi connectivity index (χ2n) is 6.92. The van der Waals surface area contributed by atoms with E-state index in [4.69, 9.17) is 4.74 Å². The quantitative estimate of drug-likeness (QED) is 0.472. The Morgan fingerprint density at radius 2 is 2.11 bits per heavy atom. The molecule has 3 unspecified atom stereocenters. The smallest absolute Gasteiger partial charge is 0.307 e. The summed E-state index contributed by atoms with van der Waals surface area (Å²) in [6.45, 7) is 7.48. The van der Waals surface area contributed by atoms with Gasteiger partial charge in [0.15, 0.2) is 0 Å². The van der Waals surface area contributed by atoms with Gasteiger partial charge in [-0.05, 0) is 64.3 Å². The summed E-state index contributed by atoms with van der Waals surface area (Å²) in [5.41, 5.74) is -0.371. The minimum Gasteiger partial charge on any atom is -0.460 e. The number of carbonyl (C=O) groups excluding carboxylic acids is 1. The predicted octanol–water partition coefficient (Wildman–Crippen LogP) is 2.91. The molecule has 3 aliphatic carbocycles. The van der Waals surface area contributed by atoms with Crippen molar-refractivity contribution in [3.63, 3.8) is 0 Å². The number of fused-ring (bicyclic) bond motifs is 2. The maximum absolute atomic E-state index is 11.6. The zero-order valence-electron chi connectivity index (χ0n) is 12.4. The first kappa shape index (κ1) is 14.6. The normalized spacial score (nSPS) is 29.5. The van der Waals surface area contributed by atoms with Crippen LogP contribution in [0.25, 0.3) is 0 Å².